The molecule has 3 N–H and O–H groups in total. The standard InChI is InChI=1S/C14H28N2O2/c1-2-11-3-4-14(15)12(7-11)8-16-5-6-18-13(9-16)10-17/h11-14,17H,2-10,15H2,1H3. The van der Waals surface area contributed by atoms with Crippen molar-refractivity contribution < 1.29 is 9.84 Å². The third-order valence-electron chi connectivity index (χ3n) is 4.65. The first-order valence-electron chi connectivity index (χ1n) is 7.43. The first-order valence-corrected chi connectivity index (χ1v) is 7.43. The Kier molecular flexibility index (Phi) is 5.42. The van der Waals surface area contributed by atoms with Crippen LogP contribution in [0, 0.1) is 11.8 Å². The van der Waals surface area contributed by atoms with E-state index in [1.807, 2.05) is 0 Å². The van der Waals surface area contributed by atoms with E-state index in [1.165, 1.54) is 25.7 Å². The van der Waals surface area contributed by atoms with Crippen LogP contribution in [0.4, 0.5) is 0 Å². The quantitative estimate of drug-likeness (QED) is 0.782. The topological polar surface area (TPSA) is 58.7 Å². The van der Waals surface area contributed by atoms with Gasteiger partial charge in [0.2, 0.25) is 0 Å². The molecule has 2 aliphatic rings. The SMILES string of the molecule is CCC1CCC(N)C(CN2CCOC(CO)C2)C1. The number of aliphatic hydroxyl groups is 1. The summed E-state index contributed by atoms with van der Waals surface area (Å²) in [4.78, 5) is 2.42. The first kappa shape index (κ1) is 14.3. The smallest absolute Gasteiger partial charge is 0.0932 e. The van der Waals surface area contributed by atoms with E-state index in [9.17, 15) is 5.11 Å². The molecule has 0 radical (unpaired) electrons. The molecule has 4 nitrogen and oxygen atoms in total. The fraction of sp³-hybridized carbons (Fsp3) is 1.00. The van der Waals surface area contributed by atoms with Crippen LogP contribution in [0.5, 0.6) is 0 Å². The molecule has 0 bridgehead atoms. The average molecular weight is 256 g/mol. The van der Waals surface area contributed by atoms with Crippen molar-refractivity contribution in [2.45, 2.75) is 44.8 Å². The van der Waals surface area contributed by atoms with Gasteiger partial charge in [-0.2, -0.15) is 0 Å². The Morgan fingerprint density at radius 1 is 1.39 bits per heavy atom. The molecule has 1 heterocycles. The highest BCUT2D eigenvalue weighted by Crippen LogP contribution is 2.31. The summed E-state index contributed by atoms with van der Waals surface area (Å²) in [5.41, 5.74) is 6.27. The molecule has 4 atom stereocenters. The van der Waals surface area contributed by atoms with Crippen molar-refractivity contribution in [3.63, 3.8) is 0 Å². The number of ether oxygens (including phenoxy) is 1. The summed E-state index contributed by atoms with van der Waals surface area (Å²) in [6, 6.07) is 0.364. The Balaban J connectivity index is 1.83. The van der Waals surface area contributed by atoms with Crippen LogP contribution in [0.3, 0.4) is 0 Å². The summed E-state index contributed by atoms with van der Waals surface area (Å²) < 4.78 is 5.49. The molecule has 4 unspecified atom stereocenters. The summed E-state index contributed by atoms with van der Waals surface area (Å²) >= 11 is 0. The highest BCUT2D eigenvalue weighted by Gasteiger charge is 2.30. The maximum Gasteiger partial charge on any atom is 0.0932 e. The molecule has 4 heteroatoms. The van der Waals surface area contributed by atoms with Crippen LogP contribution >= 0.6 is 0 Å². The normalized spacial score (nSPS) is 38.8. The van der Waals surface area contributed by atoms with Crippen LogP contribution in [0.25, 0.3) is 0 Å². The lowest BCUT2D eigenvalue weighted by Crippen LogP contribution is -2.49. The van der Waals surface area contributed by atoms with Gasteiger partial charge in [-0.3, -0.25) is 4.90 Å². The molecular weight excluding hydrogens is 228 g/mol. The number of hydrogen-bond donors (Lipinski definition) is 2. The van der Waals surface area contributed by atoms with Gasteiger partial charge in [-0.1, -0.05) is 13.3 Å². The van der Waals surface area contributed by atoms with E-state index < -0.39 is 0 Å². The zero-order valence-electron chi connectivity index (χ0n) is 11.6. The van der Waals surface area contributed by atoms with Crippen LogP contribution in [0.1, 0.15) is 32.6 Å². The predicted molar refractivity (Wildman–Crippen MR) is 72.4 cm³/mol. The number of nitrogens with two attached hydrogens (primary N) is 1. The van der Waals surface area contributed by atoms with Crippen LogP contribution in [-0.4, -0.2) is 55.0 Å². The molecule has 106 valence electrons. The van der Waals surface area contributed by atoms with Gasteiger partial charge in [0.05, 0.1) is 19.3 Å². The highest BCUT2D eigenvalue weighted by molar-refractivity contribution is 4.85. The largest absolute Gasteiger partial charge is 0.394 e. The molecule has 1 aliphatic carbocycles. The summed E-state index contributed by atoms with van der Waals surface area (Å²) in [7, 11) is 0. The van der Waals surface area contributed by atoms with Crippen LogP contribution < -0.4 is 5.73 Å². The van der Waals surface area contributed by atoms with Crippen LogP contribution in [0.15, 0.2) is 0 Å². The molecular formula is C14H28N2O2. The second-order valence-electron chi connectivity index (χ2n) is 5.95. The van der Waals surface area contributed by atoms with Gasteiger partial charge in [0.15, 0.2) is 0 Å². The lowest BCUT2D eigenvalue weighted by atomic mass is 9.77. The number of morpholine rings is 1. The maximum atomic E-state index is 9.17. The monoisotopic (exact) mass is 256 g/mol. The van der Waals surface area contributed by atoms with Gasteiger partial charge in [-0.05, 0) is 31.1 Å². The van der Waals surface area contributed by atoms with Crippen molar-refractivity contribution in [3.05, 3.63) is 0 Å². The minimum atomic E-state index is 0.000497. The fourth-order valence-corrected chi connectivity index (χ4v) is 3.35. The molecule has 0 aromatic heterocycles. The zero-order valence-corrected chi connectivity index (χ0v) is 11.6. The average Bonchev–Trinajstić information content (AvgIpc) is 2.41. The van der Waals surface area contributed by atoms with Gasteiger partial charge in [0, 0.05) is 25.7 Å². The maximum absolute atomic E-state index is 9.17. The Morgan fingerprint density at radius 3 is 2.94 bits per heavy atom. The van der Waals surface area contributed by atoms with E-state index in [4.69, 9.17) is 10.5 Å². The van der Waals surface area contributed by atoms with Crippen molar-refractivity contribution in [3.8, 4) is 0 Å². The van der Waals surface area contributed by atoms with Crippen molar-refractivity contribution >= 4 is 0 Å². The molecule has 2 fully saturated rings. The summed E-state index contributed by atoms with van der Waals surface area (Å²) in [6.45, 7) is 6.08. The van der Waals surface area contributed by atoms with Crippen molar-refractivity contribution in [2.24, 2.45) is 17.6 Å². The third-order valence-corrected chi connectivity index (χ3v) is 4.65. The van der Waals surface area contributed by atoms with Crippen molar-refractivity contribution in [1.29, 1.82) is 0 Å². The van der Waals surface area contributed by atoms with Gasteiger partial charge in [-0.25, -0.2) is 0 Å². The summed E-state index contributed by atoms with van der Waals surface area (Å²) in [5.74, 6) is 1.49. The van der Waals surface area contributed by atoms with E-state index in [2.05, 4.69) is 11.8 Å². The molecule has 2 rings (SSSR count). The molecule has 0 amide bonds. The van der Waals surface area contributed by atoms with Crippen molar-refractivity contribution in [1.82, 2.24) is 4.90 Å². The lowest BCUT2D eigenvalue weighted by Gasteiger charge is -2.39. The summed E-state index contributed by atoms with van der Waals surface area (Å²) in [5, 5.41) is 9.17. The molecule has 0 spiro atoms. The van der Waals surface area contributed by atoms with E-state index in [0.717, 1.165) is 32.2 Å². The van der Waals surface area contributed by atoms with Gasteiger partial charge in [-0.15, -0.1) is 0 Å². The van der Waals surface area contributed by atoms with E-state index in [1.54, 1.807) is 0 Å². The lowest BCUT2D eigenvalue weighted by molar-refractivity contribution is -0.0587. The van der Waals surface area contributed by atoms with E-state index in [0.29, 0.717) is 12.0 Å². The van der Waals surface area contributed by atoms with E-state index >= 15 is 0 Å². The Labute approximate surface area is 110 Å². The number of rotatable bonds is 4. The number of nitrogens with zero attached hydrogens (tertiary/aromatic N) is 1. The Morgan fingerprint density at radius 2 is 2.22 bits per heavy atom. The van der Waals surface area contributed by atoms with Crippen LogP contribution in [-0.2, 0) is 4.74 Å². The number of aliphatic hydroxyl groups excluding tert-OH is 1. The second kappa shape index (κ2) is 6.85. The van der Waals surface area contributed by atoms with E-state index in [-0.39, 0.29) is 12.7 Å². The van der Waals surface area contributed by atoms with Gasteiger partial charge in [0.25, 0.3) is 0 Å². The molecule has 18 heavy (non-hydrogen) atoms. The highest BCUT2D eigenvalue weighted by atomic mass is 16.5. The van der Waals surface area contributed by atoms with Crippen LogP contribution in [0.2, 0.25) is 0 Å². The zero-order chi connectivity index (χ0) is 13.0. The number of hydrogen-bond acceptors (Lipinski definition) is 4. The van der Waals surface area contributed by atoms with Crippen molar-refractivity contribution in [2.75, 3.05) is 32.8 Å². The van der Waals surface area contributed by atoms with Gasteiger partial charge >= 0.3 is 0 Å². The molecule has 1 aliphatic heterocycles. The van der Waals surface area contributed by atoms with Gasteiger partial charge in [0.1, 0.15) is 0 Å². The van der Waals surface area contributed by atoms with Gasteiger partial charge < -0.3 is 15.6 Å². The fourth-order valence-electron chi connectivity index (χ4n) is 3.35. The second-order valence-corrected chi connectivity index (χ2v) is 5.95. The minimum Gasteiger partial charge on any atom is -0.394 e. The minimum absolute atomic E-state index is 0.000497. The molecule has 0 aromatic carbocycles. The third kappa shape index (κ3) is 3.67. The summed E-state index contributed by atoms with van der Waals surface area (Å²) in [6.07, 6.45) is 5.04. The molecule has 1 saturated heterocycles. The predicted octanol–water partition coefficient (Wildman–Crippen LogP) is 0.833. The molecule has 0 aromatic rings. The Bertz CT molecular complexity index is 250. The Hall–Kier alpha value is -0.160. The molecule has 1 saturated carbocycles. The first-order chi connectivity index (χ1) is 8.72.